The fraction of sp³-hybridized carbons (Fsp3) is 0.600. The van der Waals surface area contributed by atoms with E-state index in [1.54, 1.807) is 12.1 Å². The van der Waals surface area contributed by atoms with Crippen LogP contribution in [0.2, 0.25) is 0 Å². The van der Waals surface area contributed by atoms with Crippen molar-refractivity contribution in [2.24, 2.45) is 17.3 Å². The van der Waals surface area contributed by atoms with Gasteiger partial charge in [-0.1, -0.05) is 12.1 Å². The molecule has 4 aliphatic rings. The Kier molecular flexibility index (Phi) is 4.26. The van der Waals surface area contributed by atoms with Gasteiger partial charge >= 0.3 is 5.97 Å². The molecule has 0 radical (unpaired) electrons. The maximum Gasteiger partial charge on any atom is 0.312 e. The highest BCUT2D eigenvalue weighted by Crippen LogP contribution is 2.61. The maximum atomic E-state index is 12.9. The molecule has 140 valence electrons. The number of esters is 1. The standard InChI is InChI=1S/C20H24FNO4/c21-16-3-1-13(2-4-16)10-22-17(23)11-26-18(24)19-6-14-5-15(7-19)9-20(25,8-14)12-19/h1-4,14-15,25H,5-12H2,(H,22,23)/t14-,15+,19?,20?. The van der Waals surface area contributed by atoms with Crippen LogP contribution in [0.25, 0.3) is 0 Å². The van der Waals surface area contributed by atoms with Crippen molar-refractivity contribution in [2.45, 2.75) is 50.7 Å². The van der Waals surface area contributed by atoms with Gasteiger partial charge in [0.05, 0.1) is 11.0 Å². The molecular formula is C20H24FNO4. The Morgan fingerprint density at radius 3 is 2.42 bits per heavy atom. The Morgan fingerprint density at radius 2 is 1.81 bits per heavy atom. The van der Waals surface area contributed by atoms with Crippen molar-refractivity contribution in [3.8, 4) is 0 Å². The summed E-state index contributed by atoms with van der Waals surface area (Å²) in [5.74, 6) is -0.276. The molecule has 1 amide bonds. The van der Waals surface area contributed by atoms with Gasteiger partial charge in [0.2, 0.25) is 0 Å². The second-order valence-corrected chi connectivity index (χ2v) is 8.45. The molecule has 0 saturated heterocycles. The molecule has 4 atom stereocenters. The van der Waals surface area contributed by atoms with E-state index in [2.05, 4.69) is 5.32 Å². The topological polar surface area (TPSA) is 75.6 Å². The summed E-state index contributed by atoms with van der Waals surface area (Å²) >= 11 is 0. The minimum atomic E-state index is -0.728. The monoisotopic (exact) mass is 361 g/mol. The molecule has 0 spiro atoms. The van der Waals surface area contributed by atoms with Crippen molar-refractivity contribution in [2.75, 3.05) is 6.61 Å². The molecule has 2 N–H and O–H groups in total. The van der Waals surface area contributed by atoms with Crippen LogP contribution in [0.4, 0.5) is 4.39 Å². The molecule has 4 bridgehead atoms. The molecule has 2 unspecified atom stereocenters. The minimum Gasteiger partial charge on any atom is -0.455 e. The first-order valence-corrected chi connectivity index (χ1v) is 9.27. The number of ether oxygens (including phenoxy) is 1. The van der Waals surface area contributed by atoms with Crippen LogP contribution in [0.15, 0.2) is 24.3 Å². The van der Waals surface area contributed by atoms with Gasteiger partial charge in [-0.25, -0.2) is 4.39 Å². The molecule has 4 fully saturated rings. The molecule has 1 aromatic rings. The normalized spacial score (nSPS) is 34.5. The lowest BCUT2D eigenvalue weighted by molar-refractivity contribution is -0.196. The maximum absolute atomic E-state index is 12.9. The van der Waals surface area contributed by atoms with Gasteiger partial charge in [-0.05, 0) is 68.1 Å². The summed E-state index contributed by atoms with van der Waals surface area (Å²) in [5.41, 5.74) is -0.571. The van der Waals surface area contributed by atoms with E-state index in [1.165, 1.54) is 12.1 Å². The van der Waals surface area contributed by atoms with Crippen LogP contribution in [0.5, 0.6) is 0 Å². The number of amides is 1. The summed E-state index contributed by atoms with van der Waals surface area (Å²) in [5, 5.41) is 13.4. The lowest BCUT2D eigenvalue weighted by atomic mass is 9.48. The summed E-state index contributed by atoms with van der Waals surface area (Å²) < 4.78 is 18.2. The molecule has 0 heterocycles. The number of hydrogen-bond acceptors (Lipinski definition) is 4. The molecular weight excluding hydrogens is 337 g/mol. The van der Waals surface area contributed by atoms with Crippen molar-refractivity contribution in [3.05, 3.63) is 35.6 Å². The second kappa shape index (κ2) is 6.34. The van der Waals surface area contributed by atoms with Crippen LogP contribution in [0.1, 0.15) is 44.1 Å². The van der Waals surface area contributed by atoms with Gasteiger partial charge in [-0.2, -0.15) is 0 Å². The average molecular weight is 361 g/mol. The number of carbonyl (C=O) groups is 2. The van der Waals surface area contributed by atoms with Crippen molar-refractivity contribution < 1.29 is 23.8 Å². The van der Waals surface area contributed by atoms with E-state index in [0.717, 1.165) is 37.7 Å². The van der Waals surface area contributed by atoms with Gasteiger partial charge in [0.15, 0.2) is 6.61 Å². The van der Waals surface area contributed by atoms with E-state index in [-0.39, 0.29) is 30.8 Å². The van der Waals surface area contributed by atoms with E-state index in [4.69, 9.17) is 4.74 Å². The van der Waals surface area contributed by atoms with Crippen LogP contribution in [-0.4, -0.2) is 29.2 Å². The second-order valence-electron chi connectivity index (χ2n) is 8.45. The molecule has 6 heteroatoms. The number of benzene rings is 1. The number of carbonyl (C=O) groups excluding carboxylic acids is 2. The summed E-state index contributed by atoms with van der Waals surface area (Å²) in [6, 6.07) is 5.86. The summed E-state index contributed by atoms with van der Waals surface area (Å²) in [6.07, 6.45) is 4.66. The van der Waals surface area contributed by atoms with Crippen LogP contribution in [0, 0.1) is 23.1 Å². The minimum absolute atomic E-state index is 0.256. The van der Waals surface area contributed by atoms with Crippen LogP contribution in [-0.2, 0) is 20.9 Å². The van der Waals surface area contributed by atoms with E-state index >= 15 is 0 Å². The lowest BCUT2D eigenvalue weighted by Crippen LogP contribution is -2.58. The predicted octanol–water partition coefficient (Wildman–Crippen LogP) is 2.32. The first kappa shape index (κ1) is 17.5. The average Bonchev–Trinajstić information content (AvgIpc) is 2.57. The van der Waals surface area contributed by atoms with E-state index in [0.29, 0.717) is 18.3 Å². The lowest BCUT2D eigenvalue weighted by Gasteiger charge is -2.58. The zero-order valence-corrected chi connectivity index (χ0v) is 14.7. The molecule has 1 aromatic carbocycles. The predicted molar refractivity (Wildman–Crippen MR) is 91.3 cm³/mol. The van der Waals surface area contributed by atoms with Gasteiger partial charge in [-0.3, -0.25) is 9.59 Å². The third-order valence-electron chi connectivity index (χ3n) is 6.20. The van der Waals surface area contributed by atoms with Gasteiger partial charge in [0.1, 0.15) is 5.82 Å². The van der Waals surface area contributed by atoms with Crippen molar-refractivity contribution >= 4 is 11.9 Å². The molecule has 26 heavy (non-hydrogen) atoms. The highest BCUT2D eigenvalue weighted by atomic mass is 19.1. The Hall–Kier alpha value is -1.95. The molecule has 0 aliphatic heterocycles. The molecule has 0 aromatic heterocycles. The number of nitrogens with one attached hydrogen (secondary N) is 1. The van der Waals surface area contributed by atoms with E-state index < -0.39 is 11.0 Å². The fourth-order valence-electron chi connectivity index (χ4n) is 5.59. The van der Waals surface area contributed by atoms with E-state index in [9.17, 15) is 19.1 Å². The molecule has 5 rings (SSSR count). The number of aliphatic hydroxyl groups is 1. The summed E-state index contributed by atoms with van der Waals surface area (Å²) in [4.78, 5) is 24.7. The first-order chi connectivity index (χ1) is 12.4. The van der Waals surface area contributed by atoms with Crippen LogP contribution < -0.4 is 5.32 Å². The fourth-order valence-corrected chi connectivity index (χ4v) is 5.59. The first-order valence-electron chi connectivity index (χ1n) is 9.27. The zero-order chi connectivity index (χ0) is 18.4. The Morgan fingerprint density at radius 1 is 1.15 bits per heavy atom. The van der Waals surface area contributed by atoms with Crippen LogP contribution >= 0.6 is 0 Å². The summed E-state index contributed by atoms with van der Waals surface area (Å²) in [7, 11) is 0. The third-order valence-corrected chi connectivity index (χ3v) is 6.20. The highest BCUT2D eigenvalue weighted by molar-refractivity contribution is 5.83. The van der Waals surface area contributed by atoms with Crippen LogP contribution in [0.3, 0.4) is 0 Å². The number of hydrogen-bond donors (Lipinski definition) is 2. The zero-order valence-electron chi connectivity index (χ0n) is 14.7. The molecule has 4 aliphatic carbocycles. The highest BCUT2D eigenvalue weighted by Gasteiger charge is 2.60. The third kappa shape index (κ3) is 3.34. The van der Waals surface area contributed by atoms with Crippen molar-refractivity contribution in [1.29, 1.82) is 0 Å². The Balaban J connectivity index is 1.30. The quantitative estimate of drug-likeness (QED) is 0.789. The molecule has 5 nitrogen and oxygen atoms in total. The van der Waals surface area contributed by atoms with Crippen molar-refractivity contribution in [3.63, 3.8) is 0 Å². The largest absolute Gasteiger partial charge is 0.455 e. The van der Waals surface area contributed by atoms with Gasteiger partial charge < -0.3 is 15.2 Å². The van der Waals surface area contributed by atoms with Gasteiger partial charge in [0.25, 0.3) is 5.91 Å². The number of rotatable bonds is 5. The smallest absolute Gasteiger partial charge is 0.312 e. The SMILES string of the molecule is O=C(COC(=O)C12C[C@@H]3C[C@@H](CC(O)(C3)C1)C2)NCc1ccc(F)cc1. The van der Waals surface area contributed by atoms with Gasteiger partial charge in [-0.15, -0.1) is 0 Å². The summed E-state index contributed by atoms with van der Waals surface area (Å²) in [6.45, 7) is -0.0682. The Labute approximate surface area is 151 Å². The van der Waals surface area contributed by atoms with E-state index in [1.807, 2.05) is 0 Å². The Bertz CT molecular complexity index is 703. The van der Waals surface area contributed by atoms with Crippen molar-refractivity contribution in [1.82, 2.24) is 5.32 Å². The number of halogens is 1. The molecule has 4 saturated carbocycles. The van der Waals surface area contributed by atoms with Gasteiger partial charge in [0, 0.05) is 6.54 Å².